The summed E-state index contributed by atoms with van der Waals surface area (Å²) in [4.78, 5) is 14.3. The molecule has 4 N–H and O–H groups in total. The first kappa shape index (κ1) is 18.0. The van der Waals surface area contributed by atoms with Gasteiger partial charge in [-0.25, -0.2) is 0 Å². The second-order valence-corrected chi connectivity index (χ2v) is 6.12. The number of aromatic hydroxyl groups is 1. The van der Waals surface area contributed by atoms with Crippen LogP contribution in [-0.2, 0) is 0 Å². The third-order valence-electron chi connectivity index (χ3n) is 3.47. The Kier molecular flexibility index (Phi) is 6.34. The second kappa shape index (κ2) is 8.47. The first-order valence-corrected chi connectivity index (χ1v) is 8.09. The van der Waals surface area contributed by atoms with Crippen LogP contribution in [-0.4, -0.2) is 48.2 Å². The maximum atomic E-state index is 12.2. The average molecular weight is 346 g/mol. The third-order valence-corrected chi connectivity index (χ3v) is 3.71. The van der Waals surface area contributed by atoms with Crippen LogP contribution in [0.2, 0.25) is 0 Å². The van der Waals surface area contributed by atoms with Crippen molar-refractivity contribution in [3.8, 4) is 5.75 Å². The summed E-state index contributed by atoms with van der Waals surface area (Å²) in [6, 6.07) is 10.7. The number of rotatable bonds is 5. The van der Waals surface area contributed by atoms with E-state index in [-0.39, 0.29) is 11.3 Å². The zero-order valence-electron chi connectivity index (χ0n) is 13.8. The summed E-state index contributed by atoms with van der Waals surface area (Å²) in [5.74, 6) is -0.520. The van der Waals surface area contributed by atoms with Crippen molar-refractivity contribution in [2.24, 2.45) is 0 Å². The zero-order valence-corrected chi connectivity index (χ0v) is 14.6. The highest BCUT2D eigenvalue weighted by atomic mass is 32.1. The summed E-state index contributed by atoms with van der Waals surface area (Å²) < 4.78 is 0. The van der Waals surface area contributed by atoms with Gasteiger partial charge in [-0.15, -0.1) is 0 Å². The maximum Gasteiger partial charge on any atom is 0.273 e. The highest BCUT2D eigenvalue weighted by molar-refractivity contribution is 7.80. The third kappa shape index (κ3) is 5.07. The number of hydrogen-bond acceptors (Lipinski definition) is 4. The van der Waals surface area contributed by atoms with Gasteiger partial charge in [0.1, 0.15) is 5.75 Å². The minimum Gasteiger partial charge on any atom is -0.507 e. The Balaban J connectivity index is 1.88. The predicted molar refractivity (Wildman–Crippen MR) is 100.0 cm³/mol. The Labute approximate surface area is 146 Å². The van der Waals surface area contributed by atoms with E-state index in [2.05, 4.69) is 21.1 Å². The van der Waals surface area contributed by atoms with Crippen molar-refractivity contribution in [3.63, 3.8) is 0 Å². The predicted octanol–water partition coefficient (Wildman–Crippen LogP) is 1.61. The van der Waals surface area contributed by atoms with E-state index in [0.717, 1.165) is 23.7 Å². The lowest BCUT2D eigenvalue weighted by Crippen LogP contribution is -2.47. The molecule has 0 bridgehead atoms. The number of phenolic OH excluding ortho intramolecular Hbond substituents is 1. The van der Waals surface area contributed by atoms with Crippen LogP contribution in [0.4, 0.5) is 0 Å². The van der Waals surface area contributed by atoms with Crippen molar-refractivity contribution < 1.29 is 9.90 Å². The molecule has 0 spiro atoms. The van der Waals surface area contributed by atoms with Gasteiger partial charge in [0.2, 0.25) is 0 Å². The molecule has 0 aliphatic rings. The number of fused-ring (bicyclic) bond motifs is 1. The van der Waals surface area contributed by atoms with Gasteiger partial charge in [0.25, 0.3) is 5.91 Å². The van der Waals surface area contributed by atoms with Crippen molar-refractivity contribution in [2.45, 2.75) is 6.42 Å². The number of phenols is 1. The number of nitrogens with one attached hydrogen (secondary N) is 3. The van der Waals surface area contributed by atoms with E-state index in [1.54, 1.807) is 12.1 Å². The molecular weight excluding hydrogens is 324 g/mol. The van der Waals surface area contributed by atoms with E-state index in [4.69, 9.17) is 12.2 Å². The number of benzene rings is 2. The Morgan fingerprint density at radius 3 is 2.50 bits per heavy atom. The molecule has 0 aliphatic heterocycles. The second-order valence-electron chi connectivity index (χ2n) is 5.71. The van der Waals surface area contributed by atoms with Crippen LogP contribution in [0.5, 0.6) is 5.75 Å². The van der Waals surface area contributed by atoms with Crippen LogP contribution in [0.15, 0.2) is 36.4 Å². The summed E-state index contributed by atoms with van der Waals surface area (Å²) in [5, 5.41) is 15.1. The number of amides is 1. The topological polar surface area (TPSA) is 76.6 Å². The molecule has 0 atom stereocenters. The zero-order chi connectivity index (χ0) is 17.5. The van der Waals surface area contributed by atoms with Gasteiger partial charge in [0.05, 0.1) is 5.56 Å². The summed E-state index contributed by atoms with van der Waals surface area (Å²) in [7, 11) is 4.01. The minimum atomic E-state index is -0.448. The SMILES string of the molecule is CN(C)CCCNC(=S)NNC(=O)c1cc2ccccc2cc1O. The molecule has 0 saturated carbocycles. The largest absolute Gasteiger partial charge is 0.507 e. The molecule has 0 fully saturated rings. The molecule has 0 radical (unpaired) electrons. The molecule has 7 heteroatoms. The van der Waals surface area contributed by atoms with Gasteiger partial charge in [-0.1, -0.05) is 24.3 Å². The van der Waals surface area contributed by atoms with E-state index >= 15 is 0 Å². The smallest absolute Gasteiger partial charge is 0.273 e. The van der Waals surface area contributed by atoms with Gasteiger partial charge in [0, 0.05) is 6.54 Å². The molecule has 0 aromatic heterocycles. The monoisotopic (exact) mass is 346 g/mol. The molecule has 0 heterocycles. The van der Waals surface area contributed by atoms with Gasteiger partial charge in [0.15, 0.2) is 5.11 Å². The van der Waals surface area contributed by atoms with Crippen molar-refractivity contribution in [1.82, 2.24) is 21.1 Å². The highest BCUT2D eigenvalue weighted by Gasteiger charge is 2.12. The molecule has 0 saturated heterocycles. The molecule has 0 unspecified atom stereocenters. The van der Waals surface area contributed by atoms with Crippen LogP contribution in [0, 0.1) is 0 Å². The highest BCUT2D eigenvalue weighted by Crippen LogP contribution is 2.24. The van der Waals surface area contributed by atoms with E-state index in [0.29, 0.717) is 11.7 Å². The lowest BCUT2D eigenvalue weighted by molar-refractivity contribution is 0.0941. The normalized spacial score (nSPS) is 10.6. The summed E-state index contributed by atoms with van der Waals surface area (Å²) in [6.45, 7) is 1.66. The van der Waals surface area contributed by atoms with Gasteiger partial charge < -0.3 is 15.3 Å². The van der Waals surface area contributed by atoms with Gasteiger partial charge in [-0.05, 0) is 62.2 Å². The van der Waals surface area contributed by atoms with Crippen LogP contribution < -0.4 is 16.2 Å². The molecular formula is C17H22N4O2S. The Morgan fingerprint density at radius 2 is 1.83 bits per heavy atom. The molecule has 2 rings (SSSR count). The van der Waals surface area contributed by atoms with Crippen molar-refractivity contribution >= 4 is 34.0 Å². The maximum absolute atomic E-state index is 12.2. The van der Waals surface area contributed by atoms with Crippen molar-refractivity contribution in [2.75, 3.05) is 27.2 Å². The van der Waals surface area contributed by atoms with Crippen molar-refractivity contribution in [1.29, 1.82) is 0 Å². The number of nitrogens with zero attached hydrogens (tertiary/aromatic N) is 1. The molecule has 1 amide bonds. The van der Waals surface area contributed by atoms with Crippen LogP contribution in [0.3, 0.4) is 0 Å². The summed E-state index contributed by atoms with van der Waals surface area (Å²) in [6.07, 6.45) is 0.939. The first-order chi connectivity index (χ1) is 11.5. The lowest BCUT2D eigenvalue weighted by atomic mass is 10.1. The van der Waals surface area contributed by atoms with Crippen LogP contribution in [0.1, 0.15) is 16.8 Å². The molecule has 2 aromatic rings. The number of carbonyl (C=O) groups excluding carboxylic acids is 1. The Morgan fingerprint density at radius 1 is 1.17 bits per heavy atom. The average Bonchev–Trinajstić information content (AvgIpc) is 2.55. The number of hydrazine groups is 1. The van der Waals surface area contributed by atoms with E-state index in [1.165, 1.54) is 0 Å². The summed E-state index contributed by atoms with van der Waals surface area (Å²) >= 11 is 5.10. The standard InChI is InChI=1S/C17H22N4O2S/c1-21(2)9-5-8-18-17(24)20-19-16(23)14-10-12-6-3-4-7-13(12)11-15(14)22/h3-4,6-7,10-11,22H,5,8-9H2,1-2H3,(H,19,23)(H2,18,20,24). The van der Waals surface area contributed by atoms with Crippen LogP contribution in [0.25, 0.3) is 10.8 Å². The fraction of sp³-hybridized carbons (Fsp3) is 0.294. The molecule has 6 nitrogen and oxygen atoms in total. The number of hydrogen-bond donors (Lipinski definition) is 4. The molecule has 24 heavy (non-hydrogen) atoms. The van der Waals surface area contributed by atoms with Crippen molar-refractivity contribution in [3.05, 3.63) is 42.0 Å². The molecule has 2 aromatic carbocycles. The van der Waals surface area contributed by atoms with Gasteiger partial charge >= 0.3 is 0 Å². The van der Waals surface area contributed by atoms with E-state index in [1.807, 2.05) is 38.4 Å². The Hall–Kier alpha value is -2.38. The fourth-order valence-corrected chi connectivity index (χ4v) is 2.39. The number of carbonyl (C=O) groups is 1. The lowest BCUT2D eigenvalue weighted by Gasteiger charge is -2.13. The Bertz CT molecular complexity index is 734. The molecule has 0 aliphatic carbocycles. The molecule has 128 valence electrons. The first-order valence-electron chi connectivity index (χ1n) is 7.68. The van der Waals surface area contributed by atoms with Gasteiger partial charge in [-0.2, -0.15) is 0 Å². The fourth-order valence-electron chi connectivity index (χ4n) is 2.23. The van der Waals surface area contributed by atoms with Crippen LogP contribution >= 0.6 is 12.2 Å². The van der Waals surface area contributed by atoms with Gasteiger partial charge in [-0.3, -0.25) is 15.6 Å². The number of thiocarbonyl (C=S) groups is 1. The summed E-state index contributed by atoms with van der Waals surface area (Å²) in [5.41, 5.74) is 5.32. The minimum absolute atomic E-state index is 0.0714. The quantitative estimate of drug-likeness (QED) is 0.374. The van der Waals surface area contributed by atoms with E-state index in [9.17, 15) is 9.90 Å². The van der Waals surface area contributed by atoms with E-state index < -0.39 is 5.91 Å².